The molecule has 0 unspecified atom stereocenters. The fourth-order valence-corrected chi connectivity index (χ4v) is 0.291. The van der Waals surface area contributed by atoms with Gasteiger partial charge in [-0.05, 0) is 6.92 Å². The van der Waals surface area contributed by atoms with Gasteiger partial charge in [-0.2, -0.15) is 0 Å². The Morgan fingerprint density at radius 2 is 2.10 bits per heavy atom. The normalized spacial score (nSPS) is 8.50. The number of carboxylic acids is 1. The third-order valence-electron chi connectivity index (χ3n) is 0.693. The van der Waals surface area contributed by atoms with E-state index in [-0.39, 0.29) is 6.61 Å². The first-order valence-electron chi connectivity index (χ1n) is 2.58. The molecule has 5 heteroatoms. The largest absolute Gasteiger partial charge is 0.476 e. The van der Waals surface area contributed by atoms with Crippen LogP contribution in [0.2, 0.25) is 0 Å². The Balaban J connectivity index is 3.96. The van der Waals surface area contributed by atoms with Crippen LogP contribution in [0.1, 0.15) is 6.92 Å². The Bertz CT molecular complexity index is 174. The molecule has 0 aromatic heterocycles. The summed E-state index contributed by atoms with van der Waals surface area (Å²) in [5.41, 5.74) is -1.04. The van der Waals surface area contributed by atoms with E-state index in [0.717, 1.165) is 0 Å². The van der Waals surface area contributed by atoms with Gasteiger partial charge in [-0.3, -0.25) is 5.41 Å². The van der Waals surface area contributed by atoms with Gasteiger partial charge in [0.05, 0.1) is 6.61 Å². The van der Waals surface area contributed by atoms with Gasteiger partial charge in [0.25, 0.3) is 0 Å². The Morgan fingerprint density at radius 1 is 1.60 bits per heavy atom. The quantitative estimate of drug-likeness (QED) is 0.323. The van der Waals surface area contributed by atoms with Crippen molar-refractivity contribution in [3.8, 4) is 0 Å². The van der Waals surface area contributed by atoms with Crippen molar-refractivity contribution in [1.82, 2.24) is 0 Å². The lowest BCUT2D eigenvalue weighted by atomic mass is 10.4. The Hall–Kier alpha value is -1.39. The summed E-state index contributed by atoms with van der Waals surface area (Å²) in [4.78, 5) is 20.2. The Labute approximate surface area is 57.1 Å². The van der Waals surface area contributed by atoms with Crippen LogP contribution in [0.5, 0.6) is 0 Å². The van der Waals surface area contributed by atoms with Crippen molar-refractivity contribution in [2.75, 3.05) is 6.61 Å². The minimum absolute atomic E-state index is 0.0779. The maximum atomic E-state index is 10.4. The summed E-state index contributed by atoms with van der Waals surface area (Å²) in [7, 11) is 0. The molecule has 0 bridgehead atoms. The summed E-state index contributed by atoms with van der Waals surface area (Å²) in [5.74, 6) is -2.67. The predicted molar refractivity (Wildman–Crippen MR) is 32.0 cm³/mol. The first-order chi connectivity index (χ1) is 4.59. The fourth-order valence-electron chi connectivity index (χ4n) is 0.291. The van der Waals surface area contributed by atoms with Crippen molar-refractivity contribution in [3.05, 3.63) is 0 Å². The second kappa shape index (κ2) is 3.60. The molecular formula is C5H7NO4. The fraction of sp³-hybridized carbons (Fsp3) is 0.400. The lowest BCUT2D eigenvalue weighted by Gasteiger charge is -1.96. The van der Waals surface area contributed by atoms with Crippen LogP contribution < -0.4 is 0 Å². The van der Waals surface area contributed by atoms with E-state index < -0.39 is 17.7 Å². The SMILES string of the molecule is CCOC(=O)C(=N)C(=O)O. The molecule has 0 saturated heterocycles. The second-order valence-corrected chi connectivity index (χ2v) is 1.40. The second-order valence-electron chi connectivity index (χ2n) is 1.40. The van der Waals surface area contributed by atoms with E-state index in [1.165, 1.54) is 6.92 Å². The van der Waals surface area contributed by atoms with Gasteiger partial charge in [-0.15, -0.1) is 0 Å². The van der Waals surface area contributed by atoms with E-state index >= 15 is 0 Å². The number of nitrogens with one attached hydrogen (secondary N) is 1. The number of hydrogen-bond acceptors (Lipinski definition) is 4. The molecule has 0 aromatic carbocycles. The van der Waals surface area contributed by atoms with Crippen LogP contribution in [-0.2, 0) is 14.3 Å². The molecule has 56 valence electrons. The molecule has 0 rings (SSSR count). The molecule has 0 aromatic rings. The Morgan fingerprint density at radius 3 is 2.40 bits per heavy atom. The van der Waals surface area contributed by atoms with Gasteiger partial charge in [0.15, 0.2) is 0 Å². The van der Waals surface area contributed by atoms with Crippen molar-refractivity contribution in [3.63, 3.8) is 0 Å². The standard InChI is InChI=1S/C5H7NO4/c1-2-10-5(9)3(6)4(7)8/h6H,2H2,1H3,(H,7,8). The number of hydrogen-bond donors (Lipinski definition) is 2. The number of ether oxygens (including phenoxy) is 1. The van der Waals surface area contributed by atoms with Gasteiger partial charge in [-0.1, -0.05) is 0 Å². The number of carbonyl (C=O) groups excluding carboxylic acids is 1. The van der Waals surface area contributed by atoms with Crippen LogP contribution in [-0.4, -0.2) is 29.4 Å². The number of aliphatic carboxylic acids is 1. The molecule has 10 heavy (non-hydrogen) atoms. The molecule has 2 N–H and O–H groups in total. The van der Waals surface area contributed by atoms with Crippen molar-refractivity contribution < 1.29 is 19.4 Å². The highest BCUT2D eigenvalue weighted by Gasteiger charge is 2.17. The summed E-state index contributed by atoms with van der Waals surface area (Å²) in [6.45, 7) is 1.61. The van der Waals surface area contributed by atoms with Crippen molar-refractivity contribution >= 4 is 17.7 Å². The first-order valence-corrected chi connectivity index (χ1v) is 2.58. The molecule has 0 saturated carbocycles. The van der Waals surface area contributed by atoms with Gasteiger partial charge in [0.2, 0.25) is 5.71 Å². The van der Waals surface area contributed by atoms with Crippen molar-refractivity contribution in [2.45, 2.75) is 6.92 Å². The third-order valence-corrected chi connectivity index (χ3v) is 0.693. The summed E-state index contributed by atoms with van der Waals surface area (Å²) < 4.78 is 4.22. The van der Waals surface area contributed by atoms with Gasteiger partial charge in [0.1, 0.15) is 0 Å². The van der Waals surface area contributed by atoms with E-state index in [2.05, 4.69) is 4.74 Å². The molecule has 0 amide bonds. The highest BCUT2D eigenvalue weighted by molar-refractivity contribution is 6.61. The van der Waals surface area contributed by atoms with Gasteiger partial charge >= 0.3 is 11.9 Å². The van der Waals surface area contributed by atoms with E-state index in [1.54, 1.807) is 0 Å². The molecular weight excluding hydrogens is 138 g/mol. The highest BCUT2D eigenvalue weighted by atomic mass is 16.5. The van der Waals surface area contributed by atoms with Crippen LogP contribution in [0.25, 0.3) is 0 Å². The van der Waals surface area contributed by atoms with E-state index in [1.807, 2.05) is 0 Å². The lowest BCUT2D eigenvalue weighted by molar-refractivity contribution is -0.138. The van der Waals surface area contributed by atoms with E-state index in [4.69, 9.17) is 10.5 Å². The van der Waals surface area contributed by atoms with E-state index in [9.17, 15) is 9.59 Å². The summed E-state index contributed by atoms with van der Waals surface area (Å²) in [6, 6.07) is 0. The number of rotatable bonds is 3. The van der Waals surface area contributed by atoms with Crippen LogP contribution in [0.15, 0.2) is 0 Å². The first kappa shape index (κ1) is 8.61. The zero-order chi connectivity index (χ0) is 8.15. The molecule has 0 heterocycles. The smallest absolute Gasteiger partial charge is 0.363 e. The van der Waals surface area contributed by atoms with Gasteiger partial charge in [0, 0.05) is 0 Å². The van der Waals surface area contributed by atoms with Gasteiger partial charge < -0.3 is 9.84 Å². The summed E-state index contributed by atoms with van der Waals surface area (Å²) in [6.07, 6.45) is 0. The van der Waals surface area contributed by atoms with Crippen LogP contribution in [0, 0.1) is 5.41 Å². The molecule has 0 aliphatic rings. The van der Waals surface area contributed by atoms with Crippen LogP contribution in [0.3, 0.4) is 0 Å². The average Bonchev–Trinajstić information content (AvgIpc) is 1.87. The zero-order valence-electron chi connectivity index (χ0n) is 5.38. The molecule has 0 fully saturated rings. The third kappa shape index (κ3) is 2.25. The van der Waals surface area contributed by atoms with Crippen molar-refractivity contribution in [2.24, 2.45) is 0 Å². The maximum absolute atomic E-state index is 10.4. The number of carboxylic acid groups (broad SMARTS) is 1. The zero-order valence-corrected chi connectivity index (χ0v) is 5.38. The van der Waals surface area contributed by atoms with Crippen molar-refractivity contribution in [1.29, 1.82) is 5.41 Å². The minimum atomic E-state index is -1.57. The molecule has 0 radical (unpaired) electrons. The summed E-state index contributed by atoms with van der Waals surface area (Å²) >= 11 is 0. The monoisotopic (exact) mass is 145 g/mol. The molecule has 0 spiro atoms. The molecule has 0 aliphatic heterocycles. The summed E-state index contributed by atoms with van der Waals surface area (Å²) in [5, 5.41) is 14.6. The van der Waals surface area contributed by atoms with Gasteiger partial charge in [-0.25, -0.2) is 9.59 Å². The highest BCUT2D eigenvalue weighted by Crippen LogP contribution is 1.81. The average molecular weight is 145 g/mol. The van der Waals surface area contributed by atoms with Crippen LogP contribution >= 0.6 is 0 Å². The molecule has 0 aliphatic carbocycles. The Kier molecular flexibility index (Phi) is 3.10. The topological polar surface area (TPSA) is 87.5 Å². The van der Waals surface area contributed by atoms with E-state index in [0.29, 0.717) is 0 Å². The molecule has 5 nitrogen and oxygen atoms in total. The number of carbonyl (C=O) groups is 2. The molecule has 0 atom stereocenters. The predicted octanol–water partition coefficient (Wildman–Crippen LogP) is -0.346. The van der Waals surface area contributed by atoms with Crippen LogP contribution in [0.4, 0.5) is 0 Å². The minimum Gasteiger partial charge on any atom is -0.476 e. The number of esters is 1. The maximum Gasteiger partial charge on any atom is 0.363 e. The lowest BCUT2D eigenvalue weighted by Crippen LogP contribution is -2.24.